The van der Waals surface area contributed by atoms with E-state index in [1.165, 1.54) is 0 Å². The average Bonchev–Trinajstić information content (AvgIpc) is 2.47. The molecular formula is C12H10F4N2O3. The molecule has 0 saturated carbocycles. The quantitative estimate of drug-likeness (QED) is 0.214. The van der Waals surface area contributed by atoms with Gasteiger partial charge < -0.3 is 15.8 Å². The molecule has 9 heteroatoms. The number of nitrogens with two attached hydrogens (primary N) is 1. The lowest BCUT2D eigenvalue weighted by Crippen LogP contribution is -2.30. The predicted molar refractivity (Wildman–Crippen MR) is 64.2 cm³/mol. The first-order valence-corrected chi connectivity index (χ1v) is 5.50. The molecule has 0 unspecified atom stereocenters. The summed E-state index contributed by atoms with van der Waals surface area (Å²) in [7, 11) is 0. The Hall–Kier alpha value is -2.58. The first-order chi connectivity index (χ1) is 9.81. The van der Waals surface area contributed by atoms with Crippen molar-refractivity contribution in [2.75, 3.05) is 18.9 Å². The minimum Gasteiger partial charge on any atom is -0.461 e. The highest BCUT2D eigenvalue weighted by atomic mass is 19.2. The van der Waals surface area contributed by atoms with Crippen molar-refractivity contribution >= 4 is 17.6 Å². The van der Waals surface area contributed by atoms with Gasteiger partial charge in [-0.1, -0.05) is 6.58 Å². The van der Waals surface area contributed by atoms with Crippen LogP contribution in [0, 0.1) is 23.3 Å². The molecule has 0 bridgehead atoms. The van der Waals surface area contributed by atoms with Crippen molar-refractivity contribution in [3.8, 4) is 0 Å². The minimum absolute atomic E-state index is 0.320. The van der Waals surface area contributed by atoms with Crippen molar-refractivity contribution < 1.29 is 31.9 Å². The fourth-order valence-electron chi connectivity index (χ4n) is 1.31. The van der Waals surface area contributed by atoms with E-state index in [0.29, 0.717) is 0 Å². The number of esters is 1. The van der Waals surface area contributed by atoms with Crippen molar-refractivity contribution in [3.63, 3.8) is 0 Å². The lowest BCUT2D eigenvalue weighted by Gasteiger charge is -2.10. The smallest absolute Gasteiger partial charge is 0.330 e. The summed E-state index contributed by atoms with van der Waals surface area (Å²) < 4.78 is 57.7. The normalized spacial score (nSPS) is 10.1. The summed E-state index contributed by atoms with van der Waals surface area (Å²) in [5, 5.41) is 1.93. The van der Waals surface area contributed by atoms with Crippen LogP contribution in [0.15, 0.2) is 12.7 Å². The van der Waals surface area contributed by atoms with Crippen LogP contribution in [0.3, 0.4) is 0 Å². The van der Waals surface area contributed by atoms with Gasteiger partial charge in [-0.25, -0.2) is 22.4 Å². The number of hydrogen-bond donors (Lipinski definition) is 2. The van der Waals surface area contributed by atoms with Crippen LogP contribution >= 0.6 is 0 Å². The number of hydrogen-bond acceptors (Lipinski definition) is 4. The Labute approximate surface area is 116 Å². The predicted octanol–water partition coefficient (Wildman–Crippen LogP) is 1.28. The van der Waals surface area contributed by atoms with Gasteiger partial charge in [0, 0.05) is 6.08 Å². The van der Waals surface area contributed by atoms with E-state index in [9.17, 15) is 27.2 Å². The highest BCUT2D eigenvalue weighted by Crippen LogP contribution is 2.25. The molecule has 114 valence electrons. The number of ether oxygens (including phenoxy) is 1. The molecule has 0 spiro atoms. The van der Waals surface area contributed by atoms with Gasteiger partial charge in [0.05, 0.1) is 6.54 Å². The summed E-state index contributed by atoms with van der Waals surface area (Å²) >= 11 is 0. The number of nitrogen functional groups attached to an aromatic ring is 1. The molecule has 0 atom stereocenters. The number of halogens is 4. The second-order valence-corrected chi connectivity index (χ2v) is 3.67. The fraction of sp³-hybridized carbons (Fsp3) is 0.167. The van der Waals surface area contributed by atoms with Gasteiger partial charge in [0.2, 0.25) is 0 Å². The Morgan fingerprint density at radius 2 is 1.67 bits per heavy atom. The average molecular weight is 306 g/mol. The van der Waals surface area contributed by atoms with E-state index in [0.717, 1.165) is 6.08 Å². The van der Waals surface area contributed by atoms with Crippen LogP contribution < -0.4 is 11.1 Å². The van der Waals surface area contributed by atoms with Crippen LogP contribution in [0.5, 0.6) is 0 Å². The van der Waals surface area contributed by atoms with Gasteiger partial charge in [-0.3, -0.25) is 4.79 Å². The van der Waals surface area contributed by atoms with E-state index in [-0.39, 0.29) is 13.2 Å². The number of amides is 1. The molecule has 1 aromatic carbocycles. The Kier molecular flexibility index (Phi) is 5.28. The zero-order valence-electron chi connectivity index (χ0n) is 10.5. The number of carbonyl (C=O) groups is 2. The second kappa shape index (κ2) is 6.73. The molecule has 1 rings (SSSR count). The van der Waals surface area contributed by atoms with Crippen LogP contribution in [-0.4, -0.2) is 25.0 Å². The van der Waals surface area contributed by atoms with Crippen LogP contribution in [0.25, 0.3) is 0 Å². The minimum atomic E-state index is -1.91. The Balaban J connectivity index is 2.84. The maximum absolute atomic E-state index is 13.4. The molecule has 0 radical (unpaired) electrons. The van der Waals surface area contributed by atoms with Crippen LogP contribution in [0.1, 0.15) is 10.4 Å². The van der Waals surface area contributed by atoms with Crippen molar-refractivity contribution in [1.82, 2.24) is 5.32 Å². The molecule has 0 aliphatic rings. The van der Waals surface area contributed by atoms with Crippen LogP contribution in [0.2, 0.25) is 0 Å². The zero-order chi connectivity index (χ0) is 16.2. The van der Waals surface area contributed by atoms with Crippen LogP contribution in [-0.2, 0) is 9.53 Å². The van der Waals surface area contributed by atoms with Crippen LogP contribution in [0.4, 0.5) is 23.2 Å². The van der Waals surface area contributed by atoms with E-state index in [2.05, 4.69) is 11.3 Å². The van der Waals surface area contributed by atoms with Crippen molar-refractivity contribution in [2.45, 2.75) is 0 Å². The monoisotopic (exact) mass is 306 g/mol. The summed E-state index contributed by atoms with van der Waals surface area (Å²) in [6.07, 6.45) is 0.867. The highest BCUT2D eigenvalue weighted by Gasteiger charge is 2.28. The Morgan fingerprint density at radius 1 is 1.14 bits per heavy atom. The molecule has 5 nitrogen and oxygen atoms in total. The first kappa shape index (κ1) is 16.5. The van der Waals surface area contributed by atoms with Gasteiger partial charge in [0.15, 0.2) is 23.3 Å². The molecule has 1 amide bonds. The zero-order valence-corrected chi connectivity index (χ0v) is 10.5. The topological polar surface area (TPSA) is 81.4 Å². The molecule has 0 aromatic heterocycles. The van der Waals surface area contributed by atoms with Crippen molar-refractivity contribution in [3.05, 3.63) is 41.5 Å². The maximum atomic E-state index is 13.4. The third-order valence-corrected chi connectivity index (χ3v) is 2.32. The number of carbonyl (C=O) groups excluding carboxylic acids is 2. The molecular weight excluding hydrogens is 296 g/mol. The lowest BCUT2D eigenvalue weighted by atomic mass is 10.1. The molecule has 0 aliphatic heterocycles. The van der Waals surface area contributed by atoms with Gasteiger partial charge in [-0.2, -0.15) is 0 Å². The van der Waals surface area contributed by atoms with Gasteiger partial charge in [0.25, 0.3) is 5.91 Å². The summed E-state index contributed by atoms with van der Waals surface area (Å²) in [6, 6.07) is 0. The SMILES string of the molecule is C=CC(=O)OCCNC(=O)c1c(F)c(F)c(N)c(F)c1F. The maximum Gasteiger partial charge on any atom is 0.330 e. The second-order valence-electron chi connectivity index (χ2n) is 3.67. The number of nitrogens with one attached hydrogen (secondary N) is 1. The summed E-state index contributed by atoms with van der Waals surface area (Å²) in [4.78, 5) is 22.2. The van der Waals surface area contributed by atoms with Gasteiger partial charge in [-0.15, -0.1) is 0 Å². The lowest BCUT2D eigenvalue weighted by molar-refractivity contribution is -0.137. The summed E-state index contributed by atoms with van der Waals surface area (Å²) in [5.74, 6) is -9.74. The largest absolute Gasteiger partial charge is 0.461 e. The van der Waals surface area contributed by atoms with Crippen molar-refractivity contribution in [2.24, 2.45) is 0 Å². The third-order valence-electron chi connectivity index (χ3n) is 2.32. The fourth-order valence-corrected chi connectivity index (χ4v) is 1.31. The van der Waals surface area contributed by atoms with E-state index in [1.54, 1.807) is 0 Å². The summed E-state index contributed by atoms with van der Waals surface area (Å²) in [5.41, 5.74) is 1.98. The Morgan fingerprint density at radius 3 is 2.14 bits per heavy atom. The molecule has 0 saturated heterocycles. The number of benzene rings is 1. The molecule has 0 fully saturated rings. The Bertz CT molecular complexity index is 576. The van der Waals surface area contributed by atoms with Gasteiger partial charge in [0.1, 0.15) is 17.9 Å². The number of anilines is 1. The molecule has 3 N–H and O–H groups in total. The first-order valence-electron chi connectivity index (χ1n) is 5.50. The van der Waals surface area contributed by atoms with Gasteiger partial charge in [-0.05, 0) is 0 Å². The molecule has 0 heterocycles. The molecule has 0 aliphatic carbocycles. The van der Waals surface area contributed by atoms with E-state index in [4.69, 9.17) is 5.73 Å². The van der Waals surface area contributed by atoms with Gasteiger partial charge >= 0.3 is 5.97 Å². The summed E-state index contributed by atoms with van der Waals surface area (Å²) in [6.45, 7) is 2.47. The van der Waals surface area contributed by atoms with E-state index >= 15 is 0 Å². The standard InChI is InChI=1S/C12H10F4N2O3/c1-2-5(19)21-4-3-18-12(20)6-7(13)9(15)11(17)10(16)8(6)14/h2H,1,3-4,17H2,(H,18,20). The molecule has 21 heavy (non-hydrogen) atoms. The van der Waals surface area contributed by atoms with E-state index < -0.39 is 46.4 Å². The van der Waals surface area contributed by atoms with Crippen molar-refractivity contribution in [1.29, 1.82) is 0 Å². The third kappa shape index (κ3) is 3.50. The highest BCUT2D eigenvalue weighted by molar-refractivity contribution is 5.95. The molecule has 1 aromatic rings. The van der Waals surface area contributed by atoms with E-state index in [1.807, 2.05) is 5.32 Å². The number of rotatable bonds is 5.